The highest BCUT2D eigenvalue weighted by Gasteiger charge is 2.25. The topological polar surface area (TPSA) is 69.6 Å². The molecule has 4 nitrogen and oxygen atoms in total. The molecule has 0 spiro atoms. The van der Waals surface area contributed by atoms with Gasteiger partial charge in [0.1, 0.15) is 11.8 Å². The first-order chi connectivity index (χ1) is 6.68. The van der Waals surface area contributed by atoms with E-state index in [-0.39, 0.29) is 5.75 Å². The number of phenols is 1. The molecule has 0 amide bonds. The first-order valence-corrected chi connectivity index (χ1v) is 4.46. The predicted molar refractivity (Wildman–Crippen MR) is 50.2 cm³/mol. The Kier molecular flexibility index (Phi) is 2.13. The average Bonchev–Trinajstić information content (AvgIpc) is 2.16. The van der Waals surface area contributed by atoms with E-state index in [0.717, 1.165) is 12.0 Å². The molecular formula is C10H11NO3. The number of nitrogens with one attached hydrogen (secondary N) is 1. The van der Waals surface area contributed by atoms with Crippen molar-refractivity contribution < 1.29 is 15.0 Å². The summed E-state index contributed by atoms with van der Waals surface area (Å²) in [5.41, 5.74) is 1.66. The molecule has 1 atom stereocenters. The maximum absolute atomic E-state index is 10.9. The van der Waals surface area contributed by atoms with Crippen LogP contribution in [0.15, 0.2) is 18.2 Å². The van der Waals surface area contributed by atoms with Gasteiger partial charge in [-0.05, 0) is 29.7 Å². The van der Waals surface area contributed by atoms with Crippen molar-refractivity contribution in [2.45, 2.75) is 12.5 Å². The molecule has 1 aliphatic heterocycles. The Bertz CT molecular complexity index is 376. The van der Waals surface area contributed by atoms with E-state index >= 15 is 0 Å². The van der Waals surface area contributed by atoms with E-state index in [1.807, 2.05) is 0 Å². The van der Waals surface area contributed by atoms with Crippen LogP contribution in [0.1, 0.15) is 17.2 Å². The van der Waals surface area contributed by atoms with Crippen molar-refractivity contribution in [2.75, 3.05) is 6.54 Å². The highest BCUT2D eigenvalue weighted by atomic mass is 16.4. The molecule has 0 bridgehead atoms. The van der Waals surface area contributed by atoms with E-state index in [4.69, 9.17) is 5.11 Å². The minimum absolute atomic E-state index is 0.110. The minimum atomic E-state index is -0.906. The van der Waals surface area contributed by atoms with E-state index < -0.39 is 12.0 Å². The maximum atomic E-state index is 10.9. The van der Waals surface area contributed by atoms with Gasteiger partial charge >= 0.3 is 5.97 Å². The van der Waals surface area contributed by atoms with E-state index in [1.165, 1.54) is 6.07 Å². The van der Waals surface area contributed by atoms with E-state index in [1.54, 1.807) is 12.1 Å². The molecule has 0 radical (unpaired) electrons. The van der Waals surface area contributed by atoms with Gasteiger partial charge in [0.2, 0.25) is 0 Å². The highest BCUT2D eigenvalue weighted by molar-refractivity contribution is 5.76. The third-order valence-electron chi connectivity index (χ3n) is 2.43. The number of carboxylic acid groups (broad SMARTS) is 1. The Morgan fingerprint density at radius 2 is 2.29 bits per heavy atom. The standard InChI is InChI=1S/C10H11NO3/c12-7-2-1-6-3-4-11-9(10(13)14)8(6)5-7/h1-2,5,9,11-12H,3-4H2,(H,13,14). The predicted octanol–water partition coefficient (Wildman–Crippen LogP) is 0.664. The first-order valence-electron chi connectivity index (χ1n) is 4.46. The van der Waals surface area contributed by atoms with Crippen molar-refractivity contribution in [3.8, 4) is 5.75 Å². The Balaban J connectivity index is 2.46. The molecule has 0 saturated heterocycles. The van der Waals surface area contributed by atoms with Crippen molar-refractivity contribution in [3.05, 3.63) is 29.3 Å². The molecule has 2 rings (SSSR count). The largest absolute Gasteiger partial charge is 0.508 e. The molecule has 1 aliphatic rings. The summed E-state index contributed by atoms with van der Waals surface area (Å²) in [6, 6.07) is 4.19. The van der Waals surface area contributed by atoms with Crippen LogP contribution in [-0.2, 0) is 11.2 Å². The molecule has 0 saturated carbocycles. The van der Waals surface area contributed by atoms with Crippen LogP contribution < -0.4 is 5.32 Å². The molecular weight excluding hydrogens is 182 g/mol. The molecule has 14 heavy (non-hydrogen) atoms. The lowest BCUT2D eigenvalue weighted by Gasteiger charge is -2.23. The number of carbonyl (C=O) groups is 1. The molecule has 4 heteroatoms. The molecule has 1 aromatic rings. The zero-order valence-electron chi connectivity index (χ0n) is 7.53. The summed E-state index contributed by atoms with van der Waals surface area (Å²) in [6.07, 6.45) is 0.805. The number of aromatic hydroxyl groups is 1. The van der Waals surface area contributed by atoms with Gasteiger partial charge in [-0.15, -0.1) is 0 Å². The van der Waals surface area contributed by atoms with Gasteiger partial charge in [-0.25, -0.2) is 0 Å². The van der Waals surface area contributed by atoms with Gasteiger partial charge in [0.25, 0.3) is 0 Å². The van der Waals surface area contributed by atoms with Crippen LogP contribution >= 0.6 is 0 Å². The summed E-state index contributed by atoms with van der Waals surface area (Å²) in [7, 11) is 0. The lowest BCUT2D eigenvalue weighted by molar-refractivity contribution is -0.139. The Morgan fingerprint density at radius 1 is 1.50 bits per heavy atom. The van der Waals surface area contributed by atoms with Crippen LogP contribution in [-0.4, -0.2) is 22.7 Å². The van der Waals surface area contributed by atoms with Crippen LogP contribution in [0.5, 0.6) is 5.75 Å². The summed E-state index contributed by atoms with van der Waals surface area (Å²) < 4.78 is 0. The average molecular weight is 193 g/mol. The van der Waals surface area contributed by atoms with Gasteiger partial charge in [-0.3, -0.25) is 4.79 Å². The number of benzene rings is 1. The summed E-state index contributed by atoms with van der Waals surface area (Å²) in [5.74, 6) is -0.796. The number of rotatable bonds is 1. The first kappa shape index (κ1) is 9.02. The van der Waals surface area contributed by atoms with E-state index in [2.05, 4.69) is 5.32 Å². The molecule has 0 aromatic heterocycles. The fraction of sp³-hybridized carbons (Fsp3) is 0.300. The Labute approximate surface area is 81.2 Å². The van der Waals surface area contributed by atoms with Gasteiger partial charge in [0, 0.05) is 6.54 Å². The summed E-state index contributed by atoms with van der Waals surface area (Å²) in [4.78, 5) is 10.9. The number of carboxylic acids is 1. The minimum Gasteiger partial charge on any atom is -0.508 e. The molecule has 1 heterocycles. The number of aliphatic carboxylic acids is 1. The fourth-order valence-corrected chi connectivity index (χ4v) is 1.76. The molecule has 74 valence electrons. The van der Waals surface area contributed by atoms with Crippen LogP contribution in [0, 0.1) is 0 Å². The molecule has 0 aliphatic carbocycles. The summed E-state index contributed by atoms with van der Waals surface area (Å²) >= 11 is 0. The zero-order chi connectivity index (χ0) is 10.1. The SMILES string of the molecule is O=C(O)C1NCCc2ccc(O)cc21. The number of hydrogen-bond acceptors (Lipinski definition) is 3. The lowest BCUT2D eigenvalue weighted by Crippen LogP contribution is -2.34. The van der Waals surface area contributed by atoms with Crippen LogP contribution in [0.3, 0.4) is 0 Å². The Hall–Kier alpha value is -1.55. The molecule has 3 N–H and O–H groups in total. The zero-order valence-corrected chi connectivity index (χ0v) is 7.53. The summed E-state index contributed by atoms with van der Waals surface area (Å²) in [5, 5.41) is 21.1. The monoisotopic (exact) mass is 193 g/mol. The van der Waals surface area contributed by atoms with Crippen LogP contribution in [0.2, 0.25) is 0 Å². The second kappa shape index (κ2) is 3.31. The normalized spacial score (nSPS) is 20.1. The number of phenolic OH excluding ortho intramolecular Hbond substituents is 1. The number of fused-ring (bicyclic) bond motifs is 1. The van der Waals surface area contributed by atoms with Crippen molar-refractivity contribution in [1.82, 2.24) is 5.32 Å². The second-order valence-electron chi connectivity index (χ2n) is 3.36. The van der Waals surface area contributed by atoms with E-state index in [0.29, 0.717) is 12.1 Å². The van der Waals surface area contributed by atoms with Crippen molar-refractivity contribution in [1.29, 1.82) is 0 Å². The van der Waals surface area contributed by atoms with Gasteiger partial charge in [-0.2, -0.15) is 0 Å². The quantitative estimate of drug-likeness (QED) is 0.613. The van der Waals surface area contributed by atoms with Crippen molar-refractivity contribution >= 4 is 5.97 Å². The van der Waals surface area contributed by atoms with Crippen molar-refractivity contribution in [3.63, 3.8) is 0 Å². The molecule has 1 aromatic carbocycles. The summed E-state index contributed by atoms with van der Waals surface area (Å²) in [6.45, 7) is 0.661. The molecule has 0 fully saturated rings. The second-order valence-corrected chi connectivity index (χ2v) is 3.36. The maximum Gasteiger partial charge on any atom is 0.325 e. The third kappa shape index (κ3) is 1.44. The Morgan fingerprint density at radius 3 is 3.00 bits per heavy atom. The lowest BCUT2D eigenvalue weighted by atomic mass is 9.94. The highest BCUT2D eigenvalue weighted by Crippen LogP contribution is 2.26. The van der Waals surface area contributed by atoms with Gasteiger partial charge in [0.05, 0.1) is 0 Å². The van der Waals surface area contributed by atoms with Crippen molar-refractivity contribution in [2.24, 2.45) is 0 Å². The van der Waals surface area contributed by atoms with Crippen LogP contribution in [0.4, 0.5) is 0 Å². The fourth-order valence-electron chi connectivity index (χ4n) is 1.76. The van der Waals surface area contributed by atoms with Gasteiger partial charge in [0.15, 0.2) is 0 Å². The van der Waals surface area contributed by atoms with Gasteiger partial charge in [-0.1, -0.05) is 6.07 Å². The third-order valence-corrected chi connectivity index (χ3v) is 2.43. The number of hydrogen-bond donors (Lipinski definition) is 3. The van der Waals surface area contributed by atoms with Crippen LogP contribution in [0.25, 0.3) is 0 Å². The van der Waals surface area contributed by atoms with E-state index in [9.17, 15) is 9.90 Å². The molecule has 1 unspecified atom stereocenters. The van der Waals surface area contributed by atoms with Gasteiger partial charge < -0.3 is 15.5 Å². The smallest absolute Gasteiger partial charge is 0.325 e.